The average molecular weight is 421 g/mol. The van der Waals surface area contributed by atoms with E-state index in [1.807, 2.05) is 12.1 Å². The molecule has 2 aliphatic heterocycles. The van der Waals surface area contributed by atoms with Crippen molar-refractivity contribution in [3.05, 3.63) is 30.1 Å². The lowest BCUT2D eigenvalue weighted by Gasteiger charge is -2.36. The molecule has 8 heteroatoms. The Kier molecular flexibility index (Phi) is 9.66. The molecule has 3 rings (SSSR count). The summed E-state index contributed by atoms with van der Waals surface area (Å²) in [6.07, 6.45) is 1.07. The monoisotopic (exact) mass is 420 g/mol. The van der Waals surface area contributed by atoms with E-state index < -0.39 is 0 Å². The number of guanidine groups is 1. The maximum atomic E-state index is 13.1. The van der Waals surface area contributed by atoms with Crippen molar-refractivity contribution in [3.63, 3.8) is 0 Å². The van der Waals surface area contributed by atoms with Gasteiger partial charge in [0, 0.05) is 77.7 Å². The Morgan fingerprint density at radius 2 is 1.67 bits per heavy atom. The Morgan fingerprint density at radius 3 is 2.37 bits per heavy atom. The van der Waals surface area contributed by atoms with Crippen molar-refractivity contribution >= 4 is 11.6 Å². The normalized spacial score (nSPS) is 19.1. The van der Waals surface area contributed by atoms with Crippen molar-refractivity contribution in [2.75, 3.05) is 90.1 Å². The molecule has 2 saturated heterocycles. The number of nitrogens with one attached hydrogen (secondary N) is 2. The summed E-state index contributed by atoms with van der Waals surface area (Å²) < 4.78 is 18.5. The van der Waals surface area contributed by atoms with E-state index in [1.165, 1.54) is 12.1 Å². The number of aliphatic imine (C=N–C) groups is 1. The van der Waals surface area contributed by atoms with Crippen LogP contribution in [0.4, 0.5) is 10.1 Å². The van der Waals surface area contributed by atoms with Gasteiger partial charge in [-0.05, 0) is 37.6 Å². The largest absolute Gasteiger partial charge is 0.379 e. The smallest absolute Gasteiger partial charge is 0.191 e. The fourth-order valence-electron chi connectivity index (χ4n) is 3.87. The van der Waals surface area contributed by atoms with Crippen LogP contribution in [-0.4, -0.2) is 101 Å². The van der Waals surface area contributed by atoms with Crippen LogP contribution in [0.1, 0.15) is 13.3 Å². The SMILES string of the molecule is CCNC(=NCCCN1CCOCC1)NCCN1CCN(c2ccc(F)cc2)CC1. The first kappa shape index (κ1) is 22.8. The second-order valence-electron chi connectivity index (χ2n) is 7.80. The van der Waals surface area contributed by atoms with Gasteiger partial charge in [0.15, 0.2) is 5.96 Å². The van der Waals surface area contributed by atoms with Gasteiger partial charge in [-0.25, -0.2) is 4.39 Å². The van der Waals surface area contributed by atoms with E-state index in [2.05, 4.69) is 32.3 Å². The Bertz CT molecular complexity index is 627. The highest BCUT2D eigenvalue weighted by molar-refractivity contribution is 5.79. The summed E-state index contributed by atoms with van der Waals surface area (Å²) in [6, 6.07) is 6.80. The molecule has 2 aliphatic rings. The van der Waals surface area contributed by atoms with Gasteiger partial charge in [0.1, 0.15) is 5.82 Å². The van der Waals surface area contributed by atoms with Crippen LogP contribution in [0.5, 0.6) is 0 Å². The summed E-state index contributed by atoms with van der Waals surface area (Å²) >= 11 is 0. The van der Waals surface area contributed by atoms with Gasteiger partial charge in [-0.15, -0.1) is 0 Å². The molecule has 0 aliphatic carbocycles. The zero-order chi connectivity index (χ0) is 21.0. The summed E-state index contributed by atoms with van der Waals surface area (Å²) in [5, 5.41) is 6.80. The number of anilines is 1. The minimum Gasteiger partial charge on any atom is -0.379 e. The number of ether oxygens (including phenoxy) is 1. The number of hydrogen-bond donors (Lipinski definition) is 2. The van der Waals surface area contributed by atoms with E-state index in [9.17, 15) is 4.39 Å². The fourth-order valence-corrected chi connectivity index (χ4v) is 3.87. The predicted octanol–water partition coefficient (Wildman–Crippen LogP) is 1.23. The second-order valence-corrected chi connectivity index (χ2v) is 7.80. The van der Waals surface area contributed by atoms with Crippen molar-refractivity contribution in [1.29, 1.82) is 0 Å². The van der Waals surface area contributed by atoms with E-state index in [4.69, 9.17) is 9.73 Å². The minimum absolute atomic E-state index is 0.178. The van der Waals surface area contributed by atoms with Crippen LogP contribution >= 0.6 is 0 Å². The van der Waals surface area contributed by atoms with E-state index >= 15 is 0 Å². The summed E-state index contributed by atoms with van der Waals surface area (Å²) in [7, 11) is 0. The van der Waals surface area contributed by atoms with Gasteiger partial charge in [0.2, 0.25) is 0 Å². The average Bonchev–Trinajstić information content (AvgIpc) is 2.78. The lowest BCUT2D eigenvalue weighted by molar-refractivity contribution is 0.0377. The molecule has 30 heavy (non-hydrogen) atoms. The highest BCUT2D eigenvalue weighted by Gasteiger charge is 2.17. The van der Waals surface area contributed by atoms with Gasteiger partial charge in [-0.1, -0.05) is 0 Å². The van der Waals surface area contributed by atoms with Crippen LogP contribution < -0.4 is 15.5 Å². The van der Waals surface area contributed by atoms with E-state index in [0.717, 1.165) is 103 Å². The van der Waals surface area contributed by atoms with Gasteiger partial charge in [-0.3, -0.25) is 14.8 Å². The number of rotatable bonds is 9. The molecule has 0 bridgehead atoms. The number of benzene rings is 1. The van der Waals surface area contributed by atoms with Crippen LogP contribution in [0.2, 0.25) is 0 Å². The first-order chi connectivity index (χ1) is 14.7. The van der Waals surface area contributed by atoms with Crippen LogP contribution in [0.15, 0.2) is 29.3 Å². The predicted molar refractivity (Wildman–Crippen MR) is 121 cm³/mol. The molecule has 7 nitrogen and oxygen atoms in total. The Balaban J connectivity index is 1.31. The fraction of sp³-hybridized carbons (Fsp3) is 0.682. The van der Waals surface area contributed by atoms with Gasteiger partial charge >= 0.3 is 0 Å². The van der Waals surface area contributed by atoms with E-state index in [0.29, 0.717) is 0 Å². The molecule has 168 valence electrons. The molecular weight excluding hydrogens is 383 g/mol. The highest BCUT2D eigenvalue weighted by atomic mass is 19.1. The summed E-state index contributed by atoms with van der Waals surface area (Å²) in [5.41, 5.74) is 1.10. The molecule has 1 aromatic carbocycles. The summed E-state index contributed by atoms with van der Waals surface area (Å²) in [4.78, 5) is 12.0. The minimum atomic E-state index is -0.178. The van der Waals surface area contributed by atoms with Crippen molar-refractivity contribution < 1.29 is 9.13 Å². The number of morpholine rings is 1. The number of nitrogens with zero attached hydrogens (tertiary/aromatic N) is 4. The molecule has 0 saturated carbocycles. The maximum absolute atomic E-state index is 13.1. The van der Waals surface area contributed by atoms with Crippen molar-refractivity contribution in [2.24, 2.45) is 4.99 Å². The van der Waals surface area contributed by atoms with Crippen molar-refractivity contribution in [2.45, 2.75) is 13.3 Å². The van der Waals surface area contributed by atoms with E-state index in [-0.39, 0.29) is 5.82 Å². The molecule has 2 N–H and O–H groups in total. The molecule has 2 fully saturated rings. The summed E-state index contributed by atoms with van der Waals surface area (Å²) in [5.74, 6) is 0.729. The standard InChI is InChI=1S/C22H37FN6O/c1-2-24-22(25-8-3-10-27-16-18-30-19-17-27)26-9-11-28-12-14-29(15-13-28)21-6-4-20(23)5-7-21/h4-7H,2-3,8-19H2,1H3,(H2,24,25,26). The first-order valence-corrected chi connectivity index (χ1v) is 11.3. The van der Waals surface area contributed by atoms with Crippen LogP contribution in [-0.2, 0) is 4.74 Å². The quantitative estimate of drug-likeness (QED) is 0.356. The molecule has 0 unspecified atom stereocenters. The molecule has 0 spiro atoms. The molecule has 0 amide bonds. The Labute approximate surface area is 180 Å². The van der Waals surface area contributed by atoms with Gasteiger partial charge < -0.3 is 20.3 Å². The lowest BCUT2D eigenvalue weighted by atomic mass is 10.2. The van der Waals surface area contributed by atoms with E-state index in [1.54, 1.807) is 0 Å². The van der Waals surface area contributed by atoms with Gasteiger partial charge in [-0.2, -0.15) is 0 Å². The Morgan fingerprint density at radius 1 is 0.967 bits per heavy atom. The molecule has 2 heterocycles. The summed E-state index contributed by atoms with van der Waals surface area (Å²) in [6.45, 7) is 14.5. The molecule has 1 aromatic rings. The molecule has 0 atom stereocenters. The van der Waals surface area contributed by atoms with Crippen LogP contribution in [0, 0.1) is 5.82 Å². The van der Waals surface area contributed by atoms with Crippen molar-refractivity contribution in [3.8, 4) is 0 Å². The molecule has 0 aromatic heterocycles. The third-order valence-electron chi connectivity index (χ3n) is 5.63. The second kappa shape index (κ2) is 12.7. The molecular formula is C22H37FN6O. The lowest BCUT2D eigenvalue weighted by Crippen LogP contribution is -2.49. The number of hydrogen-bond acceptors (Lipinski definition) is 5. The third kappa shape index (κ3) is 7.74. The highest BCUT2D eigenvalue weighted by Crippen LogP contribution is 2.16. The first-order valence-electron chi connectivity index (χ1n) is 11.3. The van der Waals surface area contributed by atoms with Crippen LogP contribution in [0.3, 0.4) is 0 Å². The number of piperazine rings is 1. The maximum Gasteiger partial charge on any atom is 0.191 e. The van der Waals surface area contributed by atoms with Gasteiger partial charge in [0.25, 0.3) is 0 Å². The zero-order valence-electron chi connectivity index (χ0n) is 18.3. The van der Waals surface area contributed by atoms with Crippen molar-refractivity contribution in [1.82, 2.24) is 20.4 Å². The van der Waals surface area contributed by atoms with Crippen LogP contribution in [0.25, 0.3) is 0 Å². The third-order valence-corrected chi connectivity index (χ3v) is 5.63. The molecule has 0 radical (unpaired) electrons. The zero-order valence-corrected chi connectivity index (χ0v) is 18.3. The number of halogens is 1. The topological polar surface area (TPSA) is 55.4 Å². The Hall–Kier alpha value is -1.90. The van der Waals surface area contributed by atoms with Gasteiger partial charge in [0.05, 0.1) is 13.2 Å².